The number of primary amides is 1. The minimum atomic E-state index is -2.54. The number of benzene rings is 2. The number of carbonyl (C=O) groups excluding carboxylic acids is 3. The van der Waals surface area contributed by atoms with E-state index in [2.05, 4.69) is 0 Å². The summed E-state index contributed by atoms with van der Waals surface area (Å²) in [6.45, 7) is 0.409. The van der Waals surface area contributed by atoms with Crippen LogP contribution in [-0.2, 0) is 27.4 Å². The van der Waals surface area contributed by atoms with Gasteiger partial charge in [0.15, 0.2) is 17.2 Å². The fraction of sp³-hybridized carbons (Fsp3) is 0.393. The highest BCUT2D eigenvalue weighted by molar-refractivity contribution is 6.14. The molecule has 2 aromatic rings. The fourth-order valence-electron chi connectivity index (χ4n) is 5.63. The maximum Gasteiger partial charge on any atom is 0.225 e. The van der Waals surface area contributed by atoms with E-state index in [1.165, 1.54) is 6.07 Å². The molecule has 0 radical (unpaired) electrons. The third-order valence-corrected chi connectivity index (χ3v) is 7.45. The summed E-state index contributed by atoms with van der Waals surface area (Å²) in [5.41, 5.74) is 4.23. The molecule has 0 heterocycles. The van der Waals surface area contributed by atoms with E-state index in [4.69, 9.17) is 10.5 Å². The highest BCUT2D eigenvalue weighted by Gasteiger charge is 2.58. The van der Waals surface area contributed by atoms with Gasteiger partial charge in [0.2, 0.25) is 5.91 Å². The number of phenols is 1. The molecular formula is C28H32N2O7. The molecule has 0 saturated carbocycles. The van der Waals surface area contributed by atoms with E-state index in [1.807, 2.05) is 30.3 Å². The average Bonchev–Trinajstić information content (AvgIpc) is 2.84. The zero-order chi connectivity index (χ0) is 26.9. The molecule has 9 nitrogen and oxygen atoms in total. The molecule has 0 bridgehead atoms. The van der Waals surface area contributed by atoms with E-state index in [0.717, 1.165) is 5.56 Å². The minimum absolute atomic E-state index is 0.0406. The second-order valence-electron chi connectivity index (χ2n) is 10.0. The number of allylic oxidation sites excluding steroid dienone is 1. The van der Waals surface area contributed by atoms with Crippen LogP contribution >= 0.6 is 0 Å². The standard InChI is InChI=1S/C28H32N2O7/c1-30(2)20(15-37-14-16-7-4-3-5-8-16)19-12-18-11-17-9-6-10-21(31)24(17)26(34)25(18)27(35)28(19,36)22(32)13-23(29)33/h3-10,18-20,31,35-36H,11-15H2,1-2H3,(H2,29,33)/t18-,19-,20+,28+/m0/s1. The number of amides is 1. The number of ether oxygens (including phenoxy) is 1. The molecule has 4 atom stereocenters. The van der Waals surface area contributed by atoms with Crippen molar-refractivity contribution in [2.24, 2.45) is 17.6 Å². The molecule has 5 N–H and O–H groups in total. The summed E-state index contributed by atoms with van der Waals surface area (Å²) in [6.07, 6.45) is -0.314. The number of aliphatic hydroxyl groups excluding tert-OH is 1. The molecule has 9 heteroatoms. The lowest BCUT2D eigenvalue weighted by molar-refractivity contribution is -0.151. The number of phenolic OH excluding ortho intramolecular Hbond substituents is 1. The zero-order valence-corrected chi connectivity index (χ0v) is 20.9. The smallest absolute Gasteiger partial charge is 0.225 e. The van der Waals surface area contributed by atoms with Crippen LogP contribution < -0.4 is 5.73 Å². The molecule has 0 saturated heterocycles. The highest BCUT2D eigenvalue weighted by atomic mass is 16.5. The molecular weight excluding hydrogens is 476 g/mol. The van der Waals surface area contributed by atoms with Crippen molar-refractivity contribution >= 4 is 17.5 Å². The minimum Gasteiger partial charge on any atom is -0.508 e. The van der Waals surface area contributed by atoms with Crippen molar-refractivity contribution in [2.75, 3.05) is 20.7 Å². The third-order valence-electron chi connectivity index (χ3n) is 7.45. The van der Waals surface area contributed by atoms with Crippen LogP contribution in [0, 0.1) is 11.8 Å². The lowest BCUT2D eigenvalue weighted by atomic mass is 9.61. The van der Waals surface area contributed by atoms with E-state index in [9.17, 15) is 29.7 Å². The number of aliphatic hydroxyl groups is 2. The number of fused-ring (bicyclic) bond motifs is 2. The zero-order valence-electron chi connectivity index (χ0n) is 20.9. The number of hydrogen-bond acceptors (Lipinski definition) is 8. The van der Waals surface area contributed by atoms with Gasteiger partial charge in [-0.15, -0.1) is 0 Å². The Bertz CT molecular complexity index is 1240. The van der Waals surface area contributed by atoms with Crippen LogP contribution in [0.4, 0.5) is 0 Å². The largest absolute Gasteiger partial charge is 0.508 e. The molecule has 0 aliphatic heterocycles. The third kappa shape index (κ3) is 4.90. The van der Waals surface area contributed by atoms with Gasteiger partial charge in [0, 0.05) is 17.5 Å². The molecule has 0 spiro atoms. The van der Waals surface area contributed by atoms with Crippen molar-refractivity contribution in [2.45, 2.75) is 37.5 Å². The number of nitrogens with two attached hydrogens (primary N) is 1. The molecule has 2 aliphatic carbocycles. The Morgan fingerprint density at radius 2 is 1.84 bits per heavy atom. The quantitative estimate of drug-likeness (QED) is 0.375. The van der Waals surface area contributed by atoms with Gasteiger partial charge in [-0.05, 0) is 50.0 Å². The van der Waals surface area contributed by atoms with Crippen LogP contribution in [0.25, 0.3) is 0 Å². The van der Waals surface area contributed by atoms with Crippen LogP contribution in [0.2, 0.25) is 0 Å². The fourth-order valence-corrected chi connectivity index (χ4v) is 5.63. The molecule has 0 aromatic heterocycles. The van der Waals surface area contributed by atoms with Crippen LogP contribution in [-0.4, -0.2) is 70.0 Å². The van der Waals surface area contributed by atoms with E-state index < -0.39 is 53.1 Å². The van der Waals surface area contributed by atoms with Crippen LogP contribution in [0.5, 0.6) is 5.75 Å². The van der Waals surface area contributed by atoms with Gasteiger partial charge in [0.1, 0.15) is 11.5 Å². The first-order chi connectivity index (χ1) is 17.6. The Hall–Kier alpha value is -3.53. The highest BCUT2D eigenvalue weighted by Crippen LogP contribution is 2.49. The Morgan fingerprint density at radius 3 is 2.49 bits per heavy atom. The summed E-state index contributed by atoms with van der Waals surface area (Å²) in [7, 11) is 3.54. The average molecular weight is 509 g/mol. The van der Waals surface area contributed by atoms with E-state index in [0.29, 0.717) is 18.6 Å². The summed E-state index contributed by atoms with van der Waals surface area (Å²) in [4.78, 5) is 40.2. The van der Waals surface area contributed by atoms with Crippen LogP contribution in [0.3, 0.4) is 0 Å². The number of ketones is 2. The van der Waals surface area contributed by atoms with Gasteiger partial charge in [-0.25, -0.2) is 0 Å². The summed E-state index contributed by atoms with van der Waals surface area (Å²) >= 11 is 0. The summed E-state index contributed by atoms with van der Waals surface area (Å²) in [5, 5.41) is 33.6. The lowest BCUT2D eigenvalue weighted by Gasteiger charge is -2.47. The number of Topliss-reactive ketones (excluding diaryl/α,β-unsaturated/α-hetero) is 2. The Kier molecular flexibility index (Phi) is 7.49. The number of nitrogens with zero attached hydrogens (tertiary/aromatic N) is 1. The normalized spacial score (nSPS) is 23.9. The van der Waals surface area contributed by atoms with Gasteiger partial charge in [0.05, 0.1) is 25.2 Å². The second-order valence-corrected chi connectivity index (χ2v) is 10.0. The summed E-state index contributed by atoms with van der Waals surface area (Å²) in [6, 6.07) is 13.7. The SMILES string of the molecule is CN(C)[C@H](COCc1ccccc1)[C@@H]1C[C@@H]2Cc3cccc(O)c3C(=O)C2=C(O)[C@]1(O)C(=O)CC(N)=O. The van der Waals surface area contributed by atoms with Crippen molar-refractivity contribution in [3.05, 3.63) is 76.6 Å². The first kappa shape index (κ1) is 26.5. The number of likely N-dealkylation sites (N-methyl/N-ethyl adjacent to an activating group) is 1. The topological polar surface area (TPSA) is 150 Å². The monoisotopic (exact) mass is 508 g/mol. The van der Waals surface area contributed by atoms with E-state index in [-0.39, 0.29) is 29.9 Å². The molecule has 2 aromatic carbocycles. The van der Waals surface area contributed by atoms with Gasteiger partial charge in [-0.3, -0.25) is 14.4 Å². The van der Waals surface area contributed by atoms with Crippen molar-refractivity contribution < 1.29 is 34.4 Å². The summed E-state index contributed by atoms with van der Waals surface area (Å²) in [5.74, 6) is -5.04. The Balaban J connectivity index is 1.75. The predicted octanol–water partition coefficient (Wildman–Crippen LogP) is 1.90. The van der Waals surface area contributed by atoms with Crippen molar-refractivity contribution in [1.82, 2.24) is 4.90 Å². The van der Waals surface area contributed by atoms with Gasteiger partial charge in [-0.1, -0.05) is 42.5 Å². The lowest BCUT2D eigenvalue weighted by Crippen LogP contribution is -2.60. The second kappa shape index (κ2) is 10.5. The number of aromatic hydroxyl groups is 1. The Labute approximate surface area is 215 Å². The molecule has 196 valence electrons. The van der Waals surface area contributed by atoms with Crippen molar-refractivity contribution in [3.8, 4) is 5.75 Å². The first-order valence-corrected chi connectivity index (χ1v) is 12.2. The molecule has 2 aliphatic rings. The molecule has 37 heavy (non-hydrogen) atoms. The molecule has 0 unspecified atom stereocenters. The van der Waals surface area contributed by atoms with Gasteiger partial charge in [-0.2, -0.15) is 0 Å². The maximum absolute atomic E-state index is 13.4. The summed E-state index contributed by atoms with van der Waals surface area (Å²) < 4.78 is 5.96. The molecule has 1 amide bonds. The van der Waals surface area contributed by atoms with Crippen molar-refractivity contribution in [1.29, 1.82) is 0 Å². The van der Waals surface area contributed by atoms with Gasteiger partial charge in [0.25, 0.3) is 0 Å². The van der Waals surface area contributed by atoms with Crippen molar-refractivity contribution in [3.63, 3.8) is 0 Å². The van der Waals surface area contributed by atoms with E-state index in [1.54, 1.807) is 31.1 Å². The molecule has 4 rings (SSSR count). The maximum atomic E-state index is 13.4. The van der Waals surface area contributed by atoms with Crippen LogP contribution in [0.1, 0.15) is 34.3 Å². The first-order valence-electron chi connectivity index (χ1n) is 12.2. The Morgan fingerprint density at radius 1 is 1.14 bits per heavy atom. The van der Waals surface area contributed by atoms with Gasteiger partial charge < -0.3 is 30.7 Å². The van der Waals surface area contributed by atoms with Gasteiger partial charge >= 0.3 is 0 Å². The number of rotatable bonds is 9. The van der Waals surface area contributed by atoms with E-state index >= 15 is 0 Å². The number of carbonyl (C=O) groups is 3. The molecule has 0 fully saturated rings. The van der Waals surface area contributed by atoms with Crippen LogP contribution in [0.15, 0.2) is 59.9 Å². The number of hydrogen-bond donors (Lipinski definition) is 4. The predicted molar refractivity (Wildman–Crippen MR) is 135 cm³/mol.